The highest BCUT2D eigenvalue weighted by molar-refractivity contribution is 8.23. The number of nitriles is 1. The van der Waals surface area contributed by atoms with Gasteiger partial charge < -0.3 is 5.11 Å². The Morgan fingerprint density at radius 3 is 2.17 bits per heavy atom. The number of hydrogen-bond acceptors (Lipinski definition) is 4. The monoisotopic (exact) mass is 367 g/mol. The van der Waals surface area contributed by atoms with Crippen LogP contribution in [0.5, 0.6) is 0 Å². The molecule has 0 aliphatic heterocycles. The van der Waals surface area contributed by atoms with E-state index in [9.17, 15) is 4.79 Å². The second kappa shape index (κ2) is 14.0. The van der Waals surface area contributed by atoms with Crippen LogP contribution in [0.2, 0.25) is 0 Å². The fraction of sp³-hybridized carbons (Fsp3) is 0.526. The molecule has 0 aromatic heterocycles. The van der Waals surface area contributed by atoms with Crippen molar-refractivity contribution in [3.8, 4) is 6.07 Å². The van der Waals surface area contributed by atoms with Gasteiger partial charge in [-0.3, -0.25) is 4.79 Å². The predicted molar refractivity (Wildman–Crippen MR) is 108 cm³/mol. The zero-order chi connectivity index (χ0) is 19.2. The first-order valence-electron chi connectivity index (χ1n) is 8.03. The van der Waals surface area contributed by atoms with Gasteiger partial charge in [-0.1, -0.05) is 70.2 Å². The molecule has 0 heterocycles. The quantitative estimate of drug-likeness (QED) is 0.668. The molecular weight excluding hydrogens is 338 g/mol. The summed E-state index contributed by atoms with van der Waals surface area (Å²) in [6.45, 7) is 9.68. The van der Waals surface area contributed by atoms with Crippen LogP contribution in [-0.4, -0.2) is 21.5 Å². The van der Waals surface area contributed by atoms with Gasteiger partial charge in [0.2, 0.25) is 0 Å². The first kappa shape index (κ1) is 24.9. The Balaban J connectivity index is 0. The normalized spacial score (nSPS) is 11.8. The summed E-state index contributed by atoms with van der Waals surface area (Å²) in [4.78, 5) is 10.3. The van der Waals surface area contributed by atoms with Crippen molar-refractivity contribution in [1.29, 1.82) is 5.26 Å². The summed E-state index contributed by atoms with van der Waals surface area (Å²) in [7, 11) is 0. The Kier molecular flexibility index (Phi) is 14.5. The molecule has 3 nitrogen and oxygen atoms in total. The van der Waals surface area contributed by atoms with Gasteiger partial charge in [-0.05, 0) is 31.1 Å². The minimum absolute atomic E-state index is 0.0717. The summed E-state index contributed by atoms with van der Waals surface area (Å²) in [5.74, 6) is -0.640. The summed E-state index contributed by atoms with van der Waals surface area (Å²) >= 11 is 6.69. The Hall–Kier alpha value is -1.38. The van der Waals surface area contributed by atoms with Gasteiger partial charge in [0.05, 0.1) is 15.7 Å². The van der Waals surface area contributed by atoms with Crippen LogP contribution in [0, 0.1) is 22.7 Å². The van der Waals surface area contributed by atoms with Gasteiger partial charge in [0.15, 0.2) is 0 Å². The molecule has 0 saturated heterocycles. The summed E-state index contributed by atoms with van der Waals surface area (Å²) in [5, 5.41) is 17.3. The number of carboxylic acid groups (broad SMARTS) is 1. The van der Waals surface area contributed by atoms with Crippen LogP contribution in [0.3, 0.4) is 0 Å². The smallest absolute Gasteiger partial charge is 0.303 e. The Morgan fingerprint density at radius 2 is 1.83 bits per heavy atom. The van der Waals surface area contributed by atoms with Gasteiger partial charge in [-0.25, -0.2) is 0 Å². The maximum Gasteiger partial charge on any atom is 0.303 e. The van der Waals surface area contributed by atoms with E-state index in [1.165, 1.54) is 0 Å². The minimum atomic E-state index is -0.836. The lowest BCUT2D eigenvalue weighted by molar-refractivity contribution is -0.137. The van der Waals surface area contributed by atoms with E-state index in [4.69, 9.17) is 22.6 Å². The molecule has 1 atom stereocenters. The molecule has 0 radical (unpaired) electrons. The molecule has 1 rings (SSSR count). The molecule has 1 N–H and O–H groups in total. The molecule has 0 aliphatic carbocycles. The van der Waals surface area contributed by atoms with Crippen molar-refractivity contribution in [1.82, 2.24) is 0 Å². The Bertz CT molecular complexity index is 524. The van der Waals surface area contributed by atoms with Crippen molar-refractivity contribution in [2.75, 3.05) is 6.26 Å². The van der Waals surface area contributed by atoms with Crippen molar-refractivity contribution in [2.45, 2.75) is 47.5 Å². The molecule has 1 unspecified atom stereocenters. The summed E-state index contributed by atoms with van der Waals surface area (Å²) < 4.78 is 0.959. The highest BCUT2D eigenvalue weighted by Gasteiger charge is 2.28. The van der Waals surface area contributed by atoms with Crippen LogP contribution < -0.4 is 0 Å². The van der Waals surface area contributed by atoms with Crippen LogP contribution in [0.4, 0.5) is 0 Å². The van der Waals surface area contributed by atoms with E-state index in [0.717, 1.165) is 9.76 Å². The molecule has 1 aromatic carbocycles. The lowest BCUT2D eigenvalue weighted by atomic mass is 9.77. The van der Waals surface area contributed by atoms with Crippen molar-refractivity contribution in [3.63, 3.8) is 0 Å². The fourth-order valence-electron chi connectivity index (χ4n) is 1.53. The molecule has 0 aliphatic rings. The van der Waals surface area contributed by atoms with Crippen LogP contribution in [0.25, 0.3) is 0 Å². The molecule has 0 amide bonds. The third kappa shape index (κ3) is 10.4. The fourth-order valence-corrected chi connectivity index (χ4v) is 2.04. The second-order valence-corrected chi connectivity index (χ2v) is 6.92. The van der Waals surface area contributed by atoms with Gasteiger partial charge in [-0.15, -0.1) is 11.8 Å². The average Bonchev–Trinajstić information content (AvgIpc) is 2.61. The number of benzene rings is 1. The van der Waals surface area contributed by atoms with E-state index in [-0.39, 0.29) is 12.3 Å². The summed E-state index contributed by atoms with van der Waals surface area (Å²) in [5.41, 5.74) is 0.642. The number of hydrogen-bond donors (Lipinski definition) is 1. The standard InChI is InChI=1S/C9H15NO2.C8H8S2.C2H6/c1-7(2)9(3,6-10)5-4-8(11)12;1-10-8(9)7-5-3-2-4-6-7;1-2/h7H,4-5H2,1-3H3,(H,11,12);2-6H,1H3;1-2H3. The van der Waals surface area contributed by atoms with Crippen molar-refractivity contribution in [3.05, 3.63) is 35.9 Å². The van der Waals surface area contributed by atoms with Crippen LogP contribution >= 0.6 is 24.0 Å². The predicted octanol–water partition coefficient (Wildman–Crippen LogP) is 5.79. The molecule has 24 heavy (non-hydrogen) atoms. The molecule has 134 valence electrons. The first-order chi connectivity index (χ1) is 11.3. The SMILES string of the molecule is CC.CC(C)C(C)(C#N)CCC(=O)O.CSC(=S)c1ccccc1. The van der Waals surface area contributed by atoms with Crippen LogP contribution in [-0.2, 0) is 4.79 Å². The molecule has 5 heteroatoms. The maximum atomic E-state index is 10.3. The Morgan fingerprint density at radius 1 is 1.33 bits per heavy atom. The number of thioether (sulfide) groups is 1. The van der Waals surface area contributed by atoms with Crippen molar-refractivity contribution < 1.29 is 9.90 Å². The number of thiocarbonyl (C=S) groups is 1. The number of rotatable bonds is 5. The first-order valence-corrected chi connectivity index (χ1v) is 9.66. The average molecular weight is 368 g/mol. The van der Waals surface area contributed by atoms with E-state index in [2.05, 4.69) is 6.07 Å². The highest BCUT2D eigenvalue weighted by atomic mass is 32.2. The van der Waals surface area contributed by atoms with Crippen LogP contribution in [0.1, 0.15) is 53.0 Å². The van der Waals surface area contributed by atoms with Crippen LogP contribution in [0.15, 0.2) is 30.3 Å². The molecule has 0 spiro atoms. The van der Waals surface area contributed by atoms with E-state index in [1.54, 1.807) is 18.7 Å². The zero-order valence-corrected chi connectivity index (χ0v) is 17.1. The molecule has 0 saturated carbocycles. The maximum absolute atomic E-state index is 10.3. The van der Waals surface area contributed by atoms with Crippen molar-refractivity contribution >= 4 is 34.1 Å². The van der Waals surface area contributed by atoms with Gasteiger partial charge >= 0.3 is 5.97 Å². The second-order valence-electron chi connectivity index (χ2n) is 5.44. The van der Waals surface area contributed by atoms with Gasteiger partial charge in [0, 0.05) is 6.42 Å². The third-order valence-corrected chi connectivity index (χ3v) is 4.92. The van der Waals surface area contributed by atoms with E-state index < -0.39 is 11.4 Å². The van der Waals surface area contributed by atoms with E-state index >= 15 is 0 Å². The third-order valence-electron chi connectivity index (χ3n) is 3.58. The lowest BCUT2D eigenvalue weighted by Gasteiger charge is -2.24. The number of aliphatic carboxylic acids is 1. The van der Waals surface area contributed by atoms with Gasteiger partial charge in [0.1, 0.15) is 0 Å². The highest BCUT2D eigenvalue weighted by Crippen LogP contribution is 2.31. The van der Waals surface area contributed by atoms with Gasteiger partial charge in [-0.2, -0.15) is 5.26 Å². The van der Waals surface area contributed by atoms with E-state index in [1.807, 2.05) is 64.3 Å². The zero-order valence-electron chi connectivity index (χ0n) is 15.5. The Labute approximate surface area is 156 Å². The molecular formula is C19H29NO2S2. The number of carboxylic acids is 1. The summed E-state index contributed by atoms with van der Waals surface area (Å²) in [6.07, 6.45) is 2.49. The molecule has 0 fully saturated rings. The molecule has 0 bridgehead atoms. The summed E-state index contributed by atoms with van der Waals surface area (Å²) in [6, 6.07) is 12.2. The number of nitrogens with zero attached hydrogens (tertiary/aromatic N) is 1. The minimum Gasteiger partial charge on any atom is -0.481 e. The topological polar surface area (TPSA) is 61.1 Å². The largest absolute Gasteiger partial charge is 0.481 e. The van der Waals surface area contributed by atoms with Crippen molar-refractivity contribution in [2.24, 2.45) is 11.3 Å². The van der Waals surface area contributed by atoms with E-state index in [0.29, 0.717) is 6.42 Å². The molecule has 1 aromatic rings. The lowest BCUT2D eigenvalue weighted by Crippen LogP contribution is -2.22. The number of carbonyl (C=O) groups is 1. The van der Waals surface area contributed by atoms with Gasteiger partial charge in [0.25, 0.3) is 0 Å².